The second kappa shape index (κ2) is 4.79. The van der Waals surface area contributed by atoms with Crippen LogP contribution < -0.4 is 5.32 Å². The van der Waals surface area contributed by atoms with E-state index in [2.05, 4.69) is 25.5 Å². The molecule has 6 nitrogen and oxygen atoms in total. The van der Waals surface area contributed by atoms with E-state index in [0.29, 0.717) is 5.92 Å². The zero-order valence-corrected chi connectivity index (χ0v) is 10.6. The fourth-order valence-electron chi connectivity index (χ4n) is 1.89. The normalized spacial score (nSPS) is 16.1. The highest BCUT2D eigenvalue weighted by molar-refractivity contribution is 5.90. The fourth-order valence-corrected chi connectivity index (χ4v) is 1.89. The predicted octanol–water partition coefficient (Wildman–Crippen LogP) is 1.57. The molecule has 1 amide bonds. The quantitative estimate of drug-likeness (QED) is 0.870. The molecule has 0 spiro atoms. The van der Waals surface area contributed by atoms with Gasteiger partial charge in [0.15, 0.2) is 0 Å². The van der Waals surface area contributed by atoms with Crippen LogP contribution in [0.2, 0.25) is 0 Å². The topological polar surface area (TPSA) is 83.6 Å². The van der Waals surface area contributed by atoms with Crippen molar-refractivity contribution in [2.75, 3.05) is 0 Å². The molecule has 2 heterocycles. The lowest BCUT2D eigenvalue weighted by atomic mass is 10.1. The summed E-state index contributed by atoms with van der Waals surface area (Å²) in [5.74, 6) is 1.22. The third-order valence-corrected chi connectivity index (χ3v) is 3.20. The van der Waals surface area contributed by atoms with E-state index in [4.69, 9.17) is 0 Å². The summed E-state index contributed by atoms with van der Waals surface area (Å²) in [6.07, 6.45) is 5.69. The van der Waals surface area contributed by atoms with Crippen LogP contribution in [-0.2, 0) is 0 Å². The smallest absolute Gasteiger partial charge is 0.291 e. The van der Waals surface area contributed by atoms with Crippen molar-refractivity contribution in [1.82, 2.24) is 25.5 Å². The number of hydrogen-bond acceptors (Lipinski definition) is 4. The molecule has 1 atom stereocenters. The largest absolute Gasteiger partial charge is 0.343 e. The Bertz CT molecular complexity index is 576. The number of carbonyl (C=O) groups is 1. The molecule has 1 unspecified atom stereocenters. The number of pyridine rings is 1. The second-order valence-electron chi connectivity index (χ2n) is 4.80. The molecule has 1 aliphatic rings. The molecule has 1 saturated carbocycles. The van der Waals surface area contributed by atoms with Gasteiger partial charge in [0.05, 0.1) is 6.04 Å². The van der Waals surface area contributed by atoms with Crippen LogP contribution in [-0.4, -0.2) is 26.1 Å². The average Bonchev–Trinajstić information content (AvgIpc) is 3.17. The molecule has 1 fully saturated rings. The summed E-state index contributed by atoms with van der Waals surface area (Å²) < 4.78 is 0. The summed E-state index contributed by atoms with van der Waals surface area (Å²) in [4.78, 5) is 20.3. The Hall–Kier alpha value is -2.24. The van der Waals surface area contributed by atoms with E-state index >= 15 is 0 Å². The van der Waals surface area contributed by atoms with Gasteiger partial charge in [-0.3, -0.25) is 14.9 Å². The molecule has 0 radical (unpaired) electrons. The van der Waals surface area contributed by atoms with E-state index in [-0.39, 0.29) is 17.8 Å². The van der Waals surface area contributed by atoms with Gasteiger partial charge in [-0.2, -0.15) is 0 Å². The highest BCUT2D eigenvalue weighted by Gasteiger charge is 2.28. The summed E-state index contributed by atoms with van der Waals surface area (Å²) in [6.45, 7) is 1.91. The van der Waals surface area contributed by atoms with Crippen molar-refractivity contribution < 1.29 is 4.79 Å². The van der Waals surface area contributed by atoms with Gasteiger partial charge in [-0.15, -0.1) is 5.10 Å². The Morgan fingerprint density at radius 2 is 2.37 bits per heavy atom. The van der Waals surface area contributed by atoms with Crippen molar-refractivity contribution in [3.05, 3.63) is 41.7 Å². The van der Waals surface area contributed by atoms with Crippen molar-refractivity contribution in [3.63, 3.8) is 0 Å². The molecule has 0 aromatic carbocycles. The molecule has 2 N–H and O–H groups in total. The highest BCUT2D eigenvalue weighted by Crippen LogP contribution is 2.37. The Morgan fingerprint density at radius 1 is 1.53 bits per heavy atom. The van der Waals surface area contributed by atoms with E-state index < -0.39 is 0 Å². The minimum absolute atomic E-state index is 0.121. The van der Waals surface area contributed by atoms with Gasteiger partial charge in [-0.1, -0.05) is 6.07 Å². The van der Waals surface area contributed by atoms with Crippen LogP contribution in [0.3, 0.4) is 0 Å². The van der Waals surface area contributed by atoms with E-state index in [0.717, 1.165) is 24.2 Å². The van der Waals surface area contributed by atoms with Crippen LogP contribution in [0.4, 0.5) is 0 Å². The molecule has 98 valence electrons. The second-order valence-corrected chi connectivity index (χ2v) is 4.80. The summed E-state index contributed by atoms with van der Waals surface area (Å²) in [6, 6.07) is 3.64. The number of hydrogen-bond donors (Lipinski definition) is 2. The maximum atomic E-state index is 12.0. The molecule has 6 heteroatoms. The Labute approximate surface area is 110 Å². The molecule has 0 bridgehead atoms. The molecular formula is C13H15N5O. The number of nitrogens with one attached hydrogen (secondary N) is 2. The van der Waals surface area contributed by atoms with Gasteiger partial charge < -0.3 is 5.32 Å². The van der Waals surface area contributed by atoms with Crippen LogP contribution in [0.5, 0.6) is 0 Å². The number of rotatable bonds is 4. The molecule has 2 aromatic heterocycles. The first kappa shape index (κ1) is 11.8. The molecular weight excluding hydrogens is 242 g/mol. The Kier molecular flexibility index (Phi) is 2.98. The summed E-state index contributed by atoms with van der Waals surface area (Å²) in [5, 5.41) is 9.65. The maximum Gasteiger partial charge on any atom is 0.291 e. The van der Waals surface area contributed by atoms with Crippen LogP contribution in [0.25, 0.3) is 0 Å². The van der Waals surface area contributed by atoms with Crippen molar-refractivity contribution >= 4 is 5.91 Å². The average molecular weight is 257 g/mol. The number of aromatic nitrogens is 4. The minimum Gasteiger partial charge on any atom is -0.343 e. The number of carbonyl (C=O) groups excluding carboxylic acids is 1. The lowest BCUT2D eigenvalue weighted by Gasteiger charge is -2.12. The first-order valence-corrected chi connectivity index (χ1v) is 6.37. The van der Waals surface area contributed by atoms with E-state index in [1.54, 1.807) is 12.4 Å². The number of amides is 1. The molecule has 0 aliphatic heterocycles. The van der Waals surface area contributed by atoms with Crippen molar-refractivity contribution in [2.45, 2.75) is 31.7 Å². The third kappa shape index (κ3) is 2.62. The highest BCUT2D eigenvalue weighted by atomic mass is 16.2. The zero-order chi connectivity index (χ0) is 13.2. The monoisotopic (exact) mass is 257 g/mol. The fraction of sp³-hybridized carbons (Fsp3) is 0.385. The number of nitrogens with zero attached hydrogens (tertiary/aromatic N) is 3. The third-order valence-electron chi connectivity index (χ3n) is 3.20. The van der Waals surface area contributed by atoms with Crippen LogP contribution in [0.1, 0.15) is 53.7 Å². The van der Waals surface area contributed by atoms with Gasteiger partial charge in [0, 0.05) is 18.3 Å². The first-order chi connectivity index (χ1) is 9.24. The van der Waals surface area contributed by atoms with Gasteiger partial charge in [-0.05, 0) is 31.4 Å². The van der Waals surface area contributed by atoms with Gasteiger partial charge >= 0.3 is 0 Å². The molecule has 19 heavy (non-hydrogen) atoms. The Balaban J connectivity index is 1.66. The van der Waals surface area contributed by atoms with Gasteiger partial charge in [-0.25, -0.2) is 4.98 Å². The maximum absolute atomic E-state index is 12.0. The lowest BCUT2D eigenvalue weighted by Crippen LogP contribution is -2.27. The molecule has 1 aliphatic carbocycles. The zero-order valence-electron chi connectivity index (χ0n) is 10.6. The van der Waals surface area contributed by atoms with Crippen LogP contribution in [0.15, 0.2) is 24.5 Å². The van der Waals surface area contributed by atoms with Crippen molar-refractivity contribution in [1.29, 1.82) is 0 Å². The number of aromatic amines is 1. The number of H-pyrrole nitrogens is 1. The standard InChI is InChI=1S/C13H15N5O/c1-8(10-3-2-6-14-7-10)15-13(19)12-16-11(17-18-12)9-4-5-9/h2-3,6-9H,4-5H2,1H3,(H,15,19)(H,16,17,18). The van der Waals surface area contributed by atoms with E-state index in [9.17, 15) is 4.79 Å². The van der Waals surface area contributed by atoms with Crippen molar-refractivity contribution in [3.8, 4) is 0 Å². The van der Waals surface area contributed by atoms with Gasteiger partial charge in [0.2, 0.25) is 5.82 Å². The molecule has 2 aromatic rings. The summed E-state index contributed by atoms with van der Waals surface area (Å²) in [7, 11) is 0. The minimum atomic E-state index is -0.264. The molecule has 3 rings (SSSR count). The van der Waals surface area contributed by atoms with Crippen LogP contribution >= 0.6 is 0 Å². The van der Waals surface area contributed by atoms with Crippen molar-refractivity contribution in [2.24, 2.45) is 0 Å². The summed E-state index contributed by atoms with van der Waals surface area (Å²) >= 11 is 0. The van der Waals surface area contributed by atoms with Gasteiger partial charge in [0.25, 0.3) is 5.91 Å². The summed E-state index contributed by atoms with van der Waals surface area (Å²) in [5.41, 5.74) is 0.953. The van der Waals surface area contributed by atoms with E-state index in [1.165, 1.54) is 0 Å². The molecule has 0 saturated heterocycles. The van der Waals surface area contributed by atoms with Gasteiger partial charge in [0.1, 0.15) is 5.82 Å². The van der Waals surface area contributed by atoms with E-state index in [1.807, 2.05) is 19.1 Å². The Morgan fingerprint density at radius 3 is 3.05 bits per heavy atom. The van der Waals surface area contributed by atoms with Crippen LogP contribution in [0, 0.1) is 0 Å². The SMILES string of the molecule is CC(NC(=O)c1n[nH]c(C2CC2)n1)c1cccnc1. The lowest BCUT2D eigenvalue weighted by molar-refractivity contribution is 0.0929. The predicted molar refractivity (Wildman–Crippen MR) is 68.5 cm³/mol. The first-order valence-electron chi connectivity index (χ1n) is 6.37.